The molecule has 0 amide bonds. The molecule has 2 atom stereocenters. The Bertz CT molecular complexity index is 765. The van der Waals surface area contributed by atoms with Crippen LogP contribution in [-0.2, 0) is 4.74 Å². The van der Waals surface area contributed by atoms with Crippen molar-refractivity contribution < 1.29 is 17.9 Å². The number of halogens is 3. The van der Waals surface area contributed by atoms with E-state index >= 15 is 0 Å². The van der Waals surface area contributed by atoms with E-state index in [9.17, 15) is 18.4 Å². The fraction of sp³-hybridized carbons (Fsp3) is 0.312. The molecule has 0 aromatic carbocycles. The van der Waals surface area contributed by atoms with Gasteiger partial charge < -0.3 is 4.74 Å². The highest BCUT2D eigenvalue weighted by molar-refractivity contribution is 5.58. The highest BCUT2D eigenvalue weighted by atomic mass is 19.4. The van der Waals surface area contributed by atoms with Crippen molar-refractivity contribution in [3.05, 3.63) is 46.8 Å². The lowest BCUT2D eigenvalue weighted by Crippen LogP contribution is -2.52. The number of hydrogen-bond donors (Lipinski definition) is 0. The van der Waals surface area contributed by atoms with Crippen LogP contribution in [0.5, 0.6) is 0 Å². The van der Waals surface area contributed by atoms with Gasteiger partial charge in [0.15, 0.2) is 11.3 Å². The van der Waals surface area contributed by atoms with E-state index in [4.69, 9.17) is 15.3 Å². The summed E-state index contributed by atoms with van der Waals surface area (Å²) in [4.78, 5) is 0. The van der Waals surface area contributed by atoms with Gasteiger partial charge in [0.25, 0.3) is 0 Å². The van der Waals surface area contributed by atoms with Crippen LogP contribution < -0.4 is 0 Å². The molecule has 0 aromatic rings. The molecule has 2 unspecified atom stereocenters. The normalized spacial score (nSPS) is 26.3. The van der Waals surface area contributed by atoms with Crippen molar-refractivity contribution in [1.29, 1.82) is 15.8 Å². The molecule has 4 nitrogen and oxygen atoms in total. The number of alkyl halides is 3. The predicted molar refractivity (Wildman–Crippen MR) is 72.8 cm³/mol. The predicted octanol–water partition coefficient (Wildman–Crippen LogP) is 3.59. The Morgan fingerprint density at radius 1 is 1.26 bits per heavy atom. The molecular weight excluding hydrogens is 307 g/mol. The van der Waals surface area contributed by atoms with Crippen molar-refractivity contribution in [2.45, 2.75) is 25.1 Å². The van der Waals surface area contributed by atoms with Crippen molar-refractivity contribution in [2.75, 3.05) is 0 Å². The van der Waals surface area contributed by atoms with Crippen LogP contribution in [0.15, 0.2) is 46.8 Å². The van der Waals surface area contributed by atoms with E-state index in [0.717, 1.165) is 6.92 Å². The lowest BCUT2D eigenvalue weighted by Gasteiger charge is -2.38. The summed E-state index contributed by atoms with van der Waals surface area (Å²) in [5, 5.41) is 27.0. The van der Waals surface area contributed by atoms with Gasteiger partial charge in [-0.1, -0.05) is 24.3 Å². The Kier molecular flexibility index (Phi) is 4.04. The van der Waals surface area contributed by atoms with Gasteiger partial charge in [0.1, 0.15) is 18.2 Å². The summed E-state index contributed by atoms with van der Waals surface area (Å²) in [7, 11) is 0. The first kappa shape index (κ1) is 16.4. The molecule has 1 aliphatic heterocycles. The topological polar surface area (TPSA) is 80.6 Å². The number of nitriles is 3. The summed E-state index contributed by atoms with van der Waals surface area (Å²) in [5.74, 6) is -1.69. The number of rotatable bonds is 1. The maximum Gasteiger partial charge on any atom is 0.432 e. The van der Waals surface area contributed by atoms with Crippen LogP contribution in [0.3, 0.4) is 0 Å². The lowest BCUT2D eigenvalue weighted by molar-refractivity contribution is -0.257. The molecule has 1 heterocycles. The van der Waals surface area contributed by atoms with Gasteiger partial charge in [0.2, 0.25) is 5.60 Å². The van der Waals surface area contributed by atoms with Gasteiger partial charge in [-0.3, -0.25) is 0 Å². The largest absolute Gasteiger partial charge is 0.469 e. The SMILES string of the molecule is CC1=C(C#N)C(=C(C#N)C#N)OC1(C1C=CC=CC1)C(F)(F)F. The van der Waals surface area contributed by atoms with Crippen molar-refractivity contribution >= 4 is 0 Å². The molecule has 2 aliphatic rings. The highest BCUT2D eigenvalue weighted by Crippen LogP contribution is 2.54. The zero-order valence-electron chi connectivity index (χ0n) is 12.0. The van der Waals surface area contributed by atoms with Crippen LogP contribution >= 0.6 is 0 Å². The van der Waals surface area contributed by atoms with Gasteiger partial charge in [-0.25, -0.2) is 0 Å². The van der Waals surface area contributed by atoms with Crippen molar-refractivity contribution in [1.82, 2.24) is 0 Å². The molecular formula is C16H10F3N3O. The average Bonchev–Trinajstić information content (AvgIpc) is 2.83. The van der Waals surface area contributed by atoms with E-state index in [-0.39, 0.29) is 12.0 Å². The smallest absolute Gasteiger partial charge is 0.432 e. The first-order chi connectivity index (χ1) is 10.8. The maximum atomic E-state index is 13.9. The number of nitrogens with zero attached hydrogens (tertiary/aromatic N) is 3. The summed E-state index contributed by atoms with van der Waals surface area (Å²) in [6, 6.07) is 4.59. The van der Waals surface area contributed by atoms with E-state index in [1.165, 1.54) is 24.3 Å². The standard InChI is InChI=1S/C16H10F3N3O/c1-10-13(9-22)14(11(7-20)8-21)23-15(10,16(17,18)19)12-5-3-2-4-6-12/h2-5,12H,6H2,1H3. The van der Waals surface area contributed by atoms with Gasteiger partial charge in [0.05, 0.1) is 5.57 Å². The minimum absolute atomic E-state index is 0.0633. The molecule has 116 valence electrons. The minimum Gasteiger partial charge on any atom is -0.469 e. The minimum atomic E-state index is -4.82. The monoisotopic (exact) mass is 317 g/mol. The molecule has 0 N–H and O–H groups in total. The van der Waals surface area contributed by atoms with Crippen LogP contribution in [0.25, 0.3) is 0 Å². The molecule has 0 radical (unpaired) electrons. The molecule has 0 bridgehead atoms. The fourth-order valence-electron chi connectivity index (χ4n) is 2.80. The molecule has 1 aliphatic carbocycles. The quantitative estimate of drug-likeness (QED) is 0.692. The first-order valence-corrected chi connectivity index (χ1v) is 6.58. The number of ether oxygens (including phenoxy) is 1. The second-order valence-corrected chi connectivity index (χ2v) is 5.03. The summed E-state index contributed by atoms with van der Waals surface area (Å²) in [6.07, 6.45) is 1.25. The van der Waals surface area contributed by atoms with Gasteiger partial charge in [-0.2, -0.15) is 29.0 Å². The Labute approximate surface area is 130 Å². The molecule has 0 saturated carbocycles. The Morgan fingerprint density at radius 2 is 1.91 bits per heavy atom. The molecule has 0 spiro atoms. The van der Waals surface area contributed by atoms with Gasteiger partial charge in [-0.15, -0.1) is 0 Å². The van der Waals surface area contributed by atoms with Crippen LogP contribution in [0.4, 0.5) is 13.2 Å². The van der Waals surface area contributed by atoms with E-state index in [0.29, 0.717) is 0 Å². The van der Waals surface area contributed by atoms with E-state index in [1.807, 2.05) is 0 Å². The van der Waals surface area contributed by atoms with Gasteiger partial charge >= 0.3 is 6.18 Å². The van der Waals surface area contributed by atoms with Crippen LogP contribution in [0.2, 0.25) is 0 Å². The Morgan fingerprint density at radius 3 is 2.35 bits per heavy atom. The molecule has 0 fully saturated rings. The van der Waals surface area contributed by atoms with E-state index in [2.05, 4.69) is 0 Å². The van der Waals surface area contributed by atoms with Crippen LogP contribution in [0, 0.1) is 39.9 Å². The first-order valence-electron chi connectivity index (χ1n) is 6.58. The summed E-state index contributed by atoms with van der Waals surface area (Å²) < 4.78 is 46.8. The third-order valence-corrected chi connectivity index (χ3v) is 3.91. The van der Waals surface area contributed by atoms with E-state index in [1.54, 1.807) is 18.2 Å². The second-order valence-electron chi connectivity index (χ2n) is 5.03. The van der Waals surface area contributed by atoms with Crippen LogP contribution in [-0.4, -0.2) is 11.8 Å². The average molecular weight is 317 g/mol. The van der Waals surface area contributed by atoms with Gasteiger partial charge in [0, 0.05) is 11.5 Å². The zero-order valence-corrected chi connectivity index (χ0v) is 12.0. The Balaban J connectivity index is 2.75. The summed E-state index contributed by atoms with van der Waals surface area (Å²) >= 11 is 0. The molecule has 7 heteroatoms. The van der Waals surface area contributed by atoms with E-state index < -0.39 is 34.6 Å². The highest BCUT2D eigenvalue weighted by Gasteiger charge is 2.66. The molecule has 0 saturated heterocycles. The zero-order chi connectivity index (χ0) is 17.3. The van der Waals surface area contributed by atoms with Crippen molar-refractivity contribution in [3.63, 3.8) is 0 Å². The molecule has 0 aromatic heterocycles. The third-order valence-electron chi connectivity index (χ3n) is 3.91. The maximum absolute atomic E-state index is 13.9. The third kappa shape index (κ3) is 2.29. The summed E-state index contributed by atoms with van der Waals surface area (Å²) in [6.45, 7) is 1.15. The molecule has 2 rings (SSSR count). The number of allylic oxidation sites excluding steroid dienone is 5. The van der Waals surface area contributed by atoms with Gasteiger partial charge in [-0.05, 0) is 13.3 Å². The number of hydrogen-bond acceptors (Lipinski definition) is 4. The van der Waals surface area contributed by atoms with Crippen molar-refractivity contribution in [3.8, 4) is 18.2 Å². The van der Waals surface area contributed by atoms with Crippen molar-refractivity contribution in [2.24, 2.45) is 5.92 Å². The molecule has 23 heavy (non-hydrogen) atoms. The second kappa shape index (κ2) is 5.66. The lowest BCUT2D eigenvalue weighted by atomic mass is 9.77. The summed E-state index contributed by atoms with van der Waals surface area (Å²) in [5.41, 5.74) is -4.16. The fourth-order valence-corrected chi connectivity index (χ4v) is 2.80. The van der Waals surface area contributed by atoms with Crippen LogP contribution in [0.1, 0.15) is 13.3 Å². The Hall–Kier alpha value is -2.98.